The molecule has 0 aliphatic carbocycles. The first-order chi connectivity index (χ1) is 12.1. The van der Waals surface area contributed by atoms with Crippen LogP contribution < -0.4 is 4.90 Å². The van der Waals surface area contributed by atoms with Crippen molar-refractivity contribution in [1.82, 2.24) is 9.97 Å². The number of aromatic nitrogens is 2. The largest absolute Gasteiger partial charge is 0.363 e. The summed E-state index contributed by atoms with van der Waals surface area (Å²) in [5.74, 6) is 3.47. The quantitative estimate of drug-likeness (QED) is 0.589. The molecule has 0 atom stereocenters. The van der Waals surface area contributed by atoms with Crippen molar-refractivity contribution in [3.8, 4) is 11.4 Å². The van der Waals surface area contributed by atoms with E-state index in [2.05, 4.69) is 23.2 Å². The minimum atomic E-state index is 0.771. The van der Waals surface area contributed by atoms with E-state index in [4.69, 9.17) is 16.6 Å². The van der Waals surface area contributed by atoms with Crippen molar-refractivity contribution in [2.24, 2.45) is 0 Å². The van der Waals surface area contributed by atoms with Crippen molar-refractivity contribution in [2.75, 3.05) is 19.0 Å². The molecule has 0 saturated carbocycles. The molecule has 0 spiro atoms. The van der Waals surface area contributed by atoms with E-state index in [1.807, 2.05) is 73.2 Å². The monoisotopic (exact) mass is 369 g/mol. The van der Waals surface area contributed by atoms with Crippen molar-refractivity contribution >= 4 is 29.2 Å². The van der Waals surface area contributed by atoms with Crippen molar-refractivity contribution in [3.05, 3.63) is 76.9 Å². The smallest absolute Gasteiger partial charge is 0.161 e. The first-order valence-corrected chi connectivity index (χ1v) is 9.58. The molecule has 0 aliphatic heterocycles. The van der Waals surface area contributed by atoms with Gasteiger partial charge in [-0.15, -0.1) is 0 Å². The van der Waals surface area contributed by atoms with Crippen LogP contribution in [-0.4, -0.2) is 24.1 Å². The number of anilines is 1. The zero-order valence-corrected chi connectivity index (χ0v) is 15.9. The van der Waals surface area contributed by atoms with Gasteiger partial charge in [-0.1, -0.05) is 54.1 Å². The molecule has 2 aromatic carbocycles. The van der Waals surface area contributed by atoms with E-state index in [1.165, 1.54) is 5.56 Å². The van der Waals surface area contributed by atoms with E-state index in [-0.39, 0.29) is 0 Å². The van der Waals surface area contributed by atoms with Crippen LogP contribution in [0.3, 0.4) is 0 Å². The van der Waals surface area contributed by atoms with Gasteiger partial charge in [0, 0.05) is 42.3 Å². The van der Waals surface area contributed by atoms with E-state index in [9.17, 15) is 0 Å². The van der Waals surface area contributed by atoms with Crippen molar-refractivity contribution in [3.63, 3.8) is 0 Å². The fourth-order valence-corrected chi connectivity index (χ4v) is 3.37. The summed E-state index contributed by atoms with van der Waals surface area (Å²) in [6.07, 6.45) is 0. The molecular formula is C20H20ClN3S. The first-order valence-electron chi connectivity index (χ1n) is 8.05. The summed E-state index contributed by atoms with van der Waals surface area (Å²) in [7, 11) is 4.00. The van der Waals surface area contributed by atoms with Crippen molar-refractivity contribution in [1.29, 1.82) is 0 Å². The van der Waals surface area contributed by atoms with Gasteiger partial charge < -0.3 is 4.90 Å². The molecule has 1 aromatic heterocycles. The Kier molecular flexibility index (Phi) is 5.95. The highest BCUT2D eigenvalue weighted by molar-refractivity contribution is 7.97. The number of hydrogen-bond acceptors (Lipinski definition) is 4. The van der Waals surface area contributed by atoms with Gasteiger partial charge in [0.05, 0.1) is 5.69 Å². The third-order valence-electron chi connectivity index (χ3n) is 3.69. The third-order valence-corrected chi connectivity index (χ3v) is 4.98. The molecule has 0 N–H and O–H groups in total. The number of benzene rings is 2. The summed E-state index contributed by atoms with van der Waals surface area (Å²) in [6.45, 7) is 0. The maximum atomic E-state index is 5.94. The Labute approximate surface area is 158 Å². The predicted molar refractivity (Wildman–Crippen MR) is 108 cm³/mol. The Bertz CT molecular complexity index is 820. The minimum Gasteiger partial charge on any atom is -0.363 e. The van der Waals surface area contributed by atoms with Crippen molar-refractivity contribution < 1.29 is 0 Å². The first kappa shape index (κ1) is 17.8. The lowest BCUT2D eigenvalue weighted by molar-refractivity contribution is 1.02. The molecule has 128 valence electrons. The minimum absolute atomic E-state index is 0.771. The fourth-order valence-electron chi connectivity index (χ4n) is 2.36. The second-order valence-corrected chi connectivity index (χ2v) is 7.34. The normalized spacial score (nSPS) is 10.7. The molecule has 0 unspecified atom stereocenters. The average Bonchev–Trinajstić information content (AvgIpc) is 2.64. The number of thioether (sulfide) groups is 1. The Morgan fingerprint density at radius 1 is 0.920 bits per heavy atom. The van der Waals surface area contributed by atoms with Gasteiger partial charge in [-0.3, -0.25) is 0 Å². The number of nitrogens with zero attached hydrogens (tertiary/aromatic N) is 3. The molecule has 0 saturated heterocycles. The maximum absolute atomic E-state index is 5.94. The second kappa shape index (κ2) is 8.37. The molecule has 0 amide bonds. The fraction of sp³-hybridized carbons (Fsp3) is 0.200. The Hall–Kier alpha value is -2.04. The van der Waals surface area contributed by atoms with Gasteiger partial charge in [-0.2, -0.15) is 11.8 Å². The summed E-state index contributed by atoms with van der Waals surface area (Å²) < 4.78 is 0. The van der Waals surface area contributed by atoms with Gasteiger partial charge in [0.2, 0.25) is 0 Å². The van der Waals surface area contributed by atoms with Crippen LogP contribution >= 0.6 is 23.4 Å². The van der Waals surface area contributed by atoms with Crippen LogP contribution in [-0.2, 0) is 11.5 Å². The van der Waals surface area contributed by atoms with Crippen LogP contribution in [0, 0.1) is 0 Å². The third kappa shape index (κ3) is 4.97. The topological polar surface area (TPSA) is 29.0 Å². The zero-order chi connectivity index (χ0) is 17.6. The maximum Gasteiger partial charge on any atom is 0.161 e. The number of halogens is 1. The molecular weight excluding hydrogens is 350 g/mol. The van der Waals surface area contributed by atoms with E-state index >= 15 is 0 Å². The van der Waals surface area contributed by atoms with Crippen LogP contribution in [0.5, 0.6) is 0 Å². The Morgan fingerprint density at radius 2 is 1.64 bits per heavy atom. The van der Waals surface area contributed by atoms with Gasteiger partial charge in [-0.25, -0.2) is 9.97 Å². The summed E-state index contributed by atoms with van der Waals surface area (Å²) in [5.41, 5.74) is 3.34. The van der Waals surface area contributed by atoms with E-state index in [0.29, 0.717) is 0 Å². The van der Waals surface area contributed by atoms with Crippen LogP contribution in [0.1, 0.15) is 11.3 Å². The highest BCUT2D eigenvalue weighted by Crippen LogP contribution is 2.23. The highest BCUT2D eigenvalue weighted by Gasteiger charge is 2.08. The summed E-state index contributed by atoms with van der Waals surface area (Å²) in [4.78, 5) is 11.4. The SMILES string of the molecule is CN(C)c1cc(CSCc2ccc(Cl)cc2)nc(-c2ccccc2)n1. The average molecular weight is 370 g/mol. The van der Waals surface area contributed by atoms with Gasteiger partial charge in [0.15, 0.2) is 5.82 Å². The molecule has 0 fully saturated rings. The zero-order valence-electron chi connectivity index (χ0n) is 14.3. The standard InChI is InChI=1S/C20H20ClN3S/c1-24(2)19-12-18(14-25-13-15-8-10-17(21)11-9-15)22-20(23-19)16-6-4-3-5-7-16/h3-12H,13-14H2,1-2H3. The summed E-state index contributed by atoms with van der Waals surface area (Å²) in [5, 5.41) is 0.771. The summed E-state index contributed by atoms with van der Waals surface area (Å²) in [6, 6.07) is 20.2. The molecule has 5 heteroatoms. The number of hydrogen-bond donors (Lipinski definition) is 0. The van der Waals surface area contributed by atoms with Crippen LogP contribution in [0.4, 0.5) is 5.82 Å². The van der Waals surface area contributed by atoms with Crippen LogP contribution in [0.15, 0.2) is 60.7 Å². The van der Waals surface area contributed by atoms with Gasteiger partial charge in [0.1, 0.15) is 5.82 Å². The van der Waals surface area contributed by atoms with Gasteiger partial charge >= 0.3 is 0 Å². The lowest BCUT2D eigenvalue weighted by Crippen LogP contribution is -2.12. The Morgan fingerprint density at radius 3 is 2.32 bits per heavy atom. The van der Waals surface area contributed by atoms with Crippen molar-refractivity contribution in [2.45, 2.75) is 11.5 Å². The number of rotatable bonds is 6. The molecule has 0 bridgehead atoms. The molecule has 25 heavy (non-hydrogen) atoms. The second-order valence-electron chi connectivity index (χ2n) is 5.92. The van der Waals surface area contributed by atoms with Crippen LogP contribution in [0.25, 0.3) is 11.4 Å². The van der Waals surface area contributed by atoms with E-state index < -0.39 is 0 Å². The molecule has 1 heterocycles. The van der Waals surface area contributed by atoms with Gasteiger partial charge in [0.25, 0.3) is 0 Å². The predicted octanol–water partition coefficient (Wildman–Crippen LogP) is 5.30. The van der Waals surface area contributed by atoms with Gasteiger partial charge in [-0.05, 0) is 17.7 Å². The lowest BCUT2D eigenvalue weighted by Gasteiger charge is -2.14. The summed E-state index contributed by atoms with van der Waals surface area (Å²) >= 11 is 7.77. The van der Waals surface area contributed by atoms with Crippen LogP contribution in [0.2, 0.25) is 5.02 Å². The van der Waals surface area contributed by atoms with E-state index in [0.717, 1.165) is 39.4 Å². The molecule has 3 aromatic rings. The Balaban J connectivity index is 1.76. The molecule has 3 rings (SSSR count). The molecule has 3 nitrogen and oxygen atoms in total. The highest BCUT2D eigenvalue weighted by atomic mass is 35.5. The molecule has 0 radical (unpaired) electrons. The lowest BCUT2D eigenvalue weighted by atomic mass is 10.2. The van der Waals surface area contributed by atoms with E-state index in [1.54, 1.807) is 0 Å². The molecule has 0 aliphatic rings.